The van der Waals surface area contributed by atoms with Crippen LogP contribution in [0, 0.1) is 0 Å². The van der Waals surface area contributed by atoms with Crippen molar-refractivity contribution < 1.29 is 0 Å². The zero-order valence-corrected chi connectivity index (χ0v) is 9.32. The molecule has 2 N–H and O–H groups in total. The van der Waals surface area contributed by atoms with Crippen LogP contribution in [-0.4, -0.2) is 13.1 Å². The van der Waals surface area contributed by atoms with Crippen LogP contribution in [0.25, 0.3) is 0 Å². The van der Waals surface area contributed by atoms with E-state index in [-0.39, 0.29) is 0 Å². The smallest absolute Gasteiger partial charge is 0.0945 e. The van der Waals surface area contributed by atoms with E-state index < -0.39 is 0 Å². The maximum absolute atomic E-state index is 3.39. The summed E-state index contributed by atoms with van der Waals surface area (Å²) in [5.41, 5.74) is 0. The first-order valence-electron chi connectivity index (χ1n) is 5.53. The molecule has 0 bridgehead atoms. The van der Waals surface area contributed by atoms with E-state index in [2.05, 4.69) is 37.5 Å². The zero-order chi connectivity index (χ0) is 9.94. The molecule has 0 rings (SSSR count). The Labute approximate surface area is 82.8 Å². The number of allylic oxidation sites excluding steroid dienone is 1. The van der Waals surface area contributed by atoms with E-state index in [9.17, 15) is 0 Å². The first-order chi connectivity index (χ1) is 6.35. The van der Waals surface area contributed by atoms with Crippen LogP contribution >= 0.6 is 0 Å². The monoisotopic (exact) mass is 184 g/mol. The quantitative estimate of drug-likeness (QED) is 0.606. The van der Waals surface area contributed by atoms with Gasteiger partial charge in [0, 0.05) is 13.1 Å². The number of hydrogen-bond donors (Lipinski definition) is 2. The molecule has 2 heteroatoms. The molecule has 13 heavy (non-hydrogen) atoms. The lowest BCUT2D eigenvalue weighted by molar-refractivity contribution is 0.655. The molecule has 0 aromatic rings. The predicted molar refractivity (Wildman–Crippen MR) is 59.6 cm³/mol. The van der Waals surface area contributed by atoms with Gasteiger partial charge in [-0.15, -0.1) is 0 Å². The minimum atomic E-state index is 1.06. The summed E-state index contributed by atoms with van der Waals surface area (Å²) in [7, 11) is 0. The van der Waals surface area contributed by atoms with Gasteiger partial charge in [-0.05, 0) is 25.3 Å². The third-order valence-corrected chi connectivity index (χ3v) is 1.77. The number of hydrogen-bond acceptors (Lipinski definition) is 2. The van der Waals surface area contributed by atoms with Gasteiger partial charge in [-0.1, -0.05) is 27.2 Å². The lowest BCUT2D eigenvalue weighted by atomic mass is 10.3. The van der Waals surface area contributed by atoms with Crippen LogP contribution in [0.4, 0.5) is 0 Å². The fourth-order valence-corrected chi connectivity index (χ4v) is 1.01. The average Bonchev–Trinajstić information content (AvgIpc) is 2.17. The number of nitrogens with one attached hydrogen (secondary N) is 2. The van der Waals surface area contributed by atoms with Crippen molar-refractivity contribution in [2.45, 2.75) is 46.5 Å². The highest BCUT2D eigenvalue weighted by Crippen LogP contribution is 1.93. The summed E-state index contributed by atoms with van der Waals surface area (Å²) in [4.78, 5) is 0. The highest BCUT2D eigenvalue weighted by Gasteiger charge is 1.92. The van der Waals surface area contributed by atoms with E-state index in [4.69, 9.17) is 0 Å². The van der Waals surface area contributed by atoms with Crippen molar-refractivity contribution in [3.05, 3.63) is 11.9 Å². The van der Waals surface area contributed by atoms with E-state index in [1.807, 2.05) is 0 Å². The molecule has 0 aliphatic carbocycles. The van der Waals surface area contributed by atoms with Crippen LogP contribution in [0.2, 0.25) is 0 Å². The zero-order valence-electron chi connectivity index (χ0n) is 9.32. The summed E-state index contributed by atoms with van der Waals surface area (Å²) < 4.78 is 0. The van der Waals surface area contributed by atoms with Gasteiger partial charge in [-0.25, -0.2) is 0 Å². The molecule has 0 aliphatic rings. The molecule has 0 aromatic carbocycles. The molecule has 0 amide bonds. The van der Waals surface area contributed by atoms with E-state index in [0.29, 0.717) is 0 Å². The molecule has 0 fully saturated rings. The minimum absolute atomic E-state index is 1.06. The van der Waals surface area contributed by atoms with Gasteiger partial charge < -0.3 is 10.6 Å². The third-order valence-electron chi connectivity index (χ3n) is 1.77. The van der Waals surface area contributed by atoms with Crippen molar-refractivity contribution in [1.29, 1.82) is 0 Å². The Morgan fingerprint density at radius 3 is 1.85 bits per heavy atom. The summed E-state index contributed by atoms with van der Waals surface area (Å²) in [6, 6.07) is 0. The van der Waals surface area contributed by atoms with E-state index in [1.165, 1.54) is 25.1 Å². The Kier molecular flexibility index (Phi) is 8.95. The maximum atomic E-state index is 3.39. The molecule has 2 nitrogen and oxygen atoms in total. The molecule has 78 valence electrons. The summed E-state index contributed by atoms with van der Waals surface area (Å²) in [6.07, 6.45) is 6.98. The van der Waals surface area contributed by atoms with Crippen molar-refractivity contribution in [2.75, 3.05) is 13.1 Å². The first-order valence-corrected chi connectivity index (χ1v) is 5.53. The first kappa shape index (κ1) is 12.3. The fourth-order valence-electron chi connectivity index (χ4n) is 1.01. The number of unbranched alkanes of at least 4 members (excludes halogenated alkanes) is 1. The van der Waals surface area contributed by atoms with Crippen LogP contribution in [0.3, 0.4) is 0 Å². The highest BCUT2D eigenvalue weighted by molar-refractivity contribution is 4.96. The molecule has 0 heterocycles. The second kappa shape index (κ2) is 9.43. The molecule has 0 atom stereocenters. The van der Waals surface area contributed by atoms with E-state index in [0.717, 1.165) is 19.5 Å². The SMILES string of the molecule is CCCC=C(NCCC)NCCC. The molecule has 0 spiro atoms. The maximum Gasteiger partial charge on any atom is 0.0945 e. The number of rotatable bonds is 8. The van der Waals surface area contributed by atoms with Crippen molar-refractivity contribution in [3.63, 3.8) is 0 Å². The lowest BCUT2D eigenvalue weighted by Gasteiger charge is -2.12. The summed E-state index contributed by atoms with van der Waals surface area (Å²) >= 11 is 0. The van der Waals surface area contributed by atoms with Gasteiger partial charge in [0.25, 0.3) is 0 Å². The lowest BCUT2D eigenvalue weighted by Crippen LogP contribution is -2.27. The average molecular weight is 184 g/mol. The topological polar surface area (TPSA) is 24.1 Å². The van der Waals surface area contributed by atoms with Crippen LogP contribution in [0.1, 0.15) is 46.5 Å². The second-order valence-corrected chi connectivity index (χ2v) is 3.26. The van der Waals surface area contributed by atoms with Crippen molar-refractivity contribution >= 4 is 0 Å². The van der Waals surface area contributed by atoms with Crippen LogP contribution in [0.5, 0.6) is 0 Å². The van der Waals surface area contributed by atoms with E-state index in [1.54, 1.807) is 0 Å². The predicted octanol–water partition coefficient (Wildman–Crippen LogP) is 2.63. The van der Waals surface area contributed by atoms with E-state index >= 15 is 0 Å². The van der Waals surface area contributed by atoms with Crippen LogP contribution in [0.15, 0.2) is 11.9 Å². The second-order valence-electron chi connectivity index (χ2n) is 3.26. The molecule has 0 saturated heterocycles. The Morgan fingerprint density at radius 2 is 1.46 bits per heavy atom. The van der Waals surface area contributed by atoms with Crippen molar-refractivity contribution in [3.8, 4) is 0 Å². The van der Waals surface area contributed by atoms with Gasteiger partial charge in [-0.2, -0.15) is 0 Å². The molecular weight excluding hydrogens is 160 g/mol. The summed E-state index contributed by atoms with van der Waals surface area (Å²) in [5, 5.41) is 6.78. The Bertz CT molecular complexity index is 120. The summed E-state index contributed by atoms with van der Waals surface area (Å²) in [5.74, 6) is 1.21. The Balaban J connectivity index is 3.72. The Hall–Kier alpha value is -0.660. The molecule has 0 unspecified atom stereocenters. The standard InChI is InChI=1S/C11H24N2/c1-4-7-8-11(12-9-5-2)13-10-6-3/h8,12-13H,4-7,9-10H2,1-3H3. The Morgan fingerprint density at radius 1 is 0.923 bits per heavy atom. The molecule has 0 aromatic heterocycles. The summed E-state index contributed by atoms with van der Waals surface area (Å²) in [6.45, 7) is 8.70. The van der Waals surface area contributed by atoms with Crippen LogP contribution < -0.4 is 10.6 Å². The van der Waals surface area contributed by atoms with Gasteiger partial charge in [-0.3, -0.25) is 0 Å². The van der Waals surface area contributed by atoms with Crippen molar-refractivity contribution in [1.82, 2.24) is 10.6 Å². The van der Waals surface area contributed by atoms with Gasteiger partial charge in [0.1, 0.15) is 0 Å². The normalized spacial score (nSPS) is 9.46. The molecule has 0 aliphatic heterocycles. The van der Waals surface area contributed by atoms with Crippen molar-refractivity contribution in [2.24, 2.45) is 0 Å². The molecular formula is C11H24N2. The molecule has 0 radical (unpaired) electrons. The highest BCUT2D eigenvalue weighted by atomic mass is 15.1. The minimum Gasteiger partial charge on any atom is -0.372 e. The van der Waals surface area contributed by atoms with Crippen LogP contribution in [-0.2, 0) is 0 Å². The largest absolute Gasteiger partial charge is 0.372 e. The molecule has 0 saturated carbocycles. The van der Waals surface area contributed by atoms with Gasteiger partial charge >= 0.3 is 0 Å². The van der Waals surface area contributed by atoms with Gasteiger partial charge in [0.2, 0.25) is 0 Å². The van der Waals surface area contributed by atoms with Gasteiger partial charge in [0.15, 0.2) is 0 Å². The fraction of sp³-hybridized carbons (Fsp3) is 0.818. The third kappa shape index (κ3) is 7.69. The van der Waals surface area contributed by atoms with Gasteiger partial charge in [0.05, 0.1) is 5.82 Å².